The molecule has 1 heterocycles. The van der Waals surface area contributed by atoms with Crippen molar-refractivity contribution in [3.05, 3.63) is 69.6 Å². The van der Waals surface area contributed by atoms with Gasteiger partial charge in [-0.3, -0.25) is 9.59 Å². The first-order valence-electron chi connectivity index (χ1n) is 9.81. The third-order valence-electron chi connectivity index (χ3n) is 4.71. The quantitative estimate of drug-likeness (QED) is 0.376. The number of methoxy groups -OCH3 is 3. The van der Waals surface area contributed by atoms with Gasteiger partial charge in [-0.25, -0.2) is 4.98 Å². The maximum atomic E-state index is 12.6. The average Bonchev–Trinajstić information content (AvgIpc) is 2.80. The van der Waals surface area contributed by atoms with Gasteiger partial charge >= 0.3 is 0 Å². The summed E-state index contributed by atoms with van der Waals surface area (Å²) in [6.45, 7) is 1.73. The van der Waals surface area contributed by atoms with Crippen LogP contribution in [0.15, 0.2) is 52.4 Å². The van der Waals surface area contributed by atoms with Crippen molar-refractivity contribution in [1.82, 2.24) is 9.97 Å². The van der Waals surface area contributed by atoms with Gasteiger partial charge in [-0.05, 0) is 36.8 Å². The molecule has 8 nitrogen and oxygen atoms in total. The van der Waals surface area contributed by atoms with Crippen LogP contribution in [0.3, 0.4) is 0 Å². The van der Waals surface area contributed by atoms with Gasteiger partial charge in [-0.2, -0.15) is 0 Å². The van der Waals surface area contributed by atoms with Gasteiger partial charge in [0.05, 0.1) is 27.8 Å². The number of aromatic amines is 1. The second-order valence-corrected chi connectivity index (χ2v) is 7.83. The van der Waals surface area contributed by atoms with Crippen LogP contribution in [0.2, 0.25) is 0 Å². The number of nitrogens with one attached hydrogen (secondary N) is 2. The molecule has 0 aliphatic heterocycles. The fourth-order valence-corrected chi connectivity index (χ4v) is 3.90. The summed E-state index contributed by atoms with van der Waals surface area (Å²) < 4.78 is 15.7. The van der Waals surface area contributed by atoms with Gasteiger partial charge in [0.15, 0.2) is 16.7 Å². The Balaban J connectivity index is 1.67. The molecule has 0 saturated carbocycles. The number of hydrogen-bond acceptors (Lipinski definition) is 7. The minimum atomic E-state index is -0.329. The van der Waals surface area contributed by atoms with Crippen LogP contribution in [0, 0.1) is 6.92 Å². The van der Waals surface area contributed by atoms with Crippen molar-refractivity contribution in [2.45, 2.75) is 24.3 Å². The van der Waals surface area contributed by atoms with Gasteiger partial charge in [-0.15, -0.1) is 0 Å². The van der Waals surface area contributed by atoms with Crippen LogP contribution in [-0.4, -0.2) is 37.2 Å². The summed E-state index contributed by atoms with van der Waals surface area (Å²) in [6.07, 6.45) is -0.0939. The molecule has 168 valence electrons. The van der Waals surface area contributed by atoms with Crippen LogP contribution in [-0.2, 0) is 17.0 Å². The van der Waals surface area contributed by atoms with E-state index in [1.165, 1.54) is 26.0 Å². The fourth-order valence-electron chi connectivity index (χ4n) is 3.05. The zero-order chi connectivity index (χ0) is 23.1. The minimum absolute atomic E-state index is 0.0939. The molecule has 32 heavy (non-hydrogen) atoms. The highest BCUT2D eigenvalue weighted by Crippen LogP contribution is 2.29. The van der Waals surface area contributed by atoms with E-state index in [2.05, 4.69) is 15.3 Å². The first-order valence-corrected chi connectivity index (χ1v) is 10.8. The molecule has 0 bridgehead atoms. The van der Waals surface area contributed by atoms with E-state index in [0.29, 0.717) is 39.4 Å². The molecule has 0 saturated heterocycles. The van der Waals surface area contributed by atoms with Crippen LogP contribution in [0.4, 0.5) is 5.69 Å². The highest BCUT2D eigenvalue weighted by molar-refractivity contribution is 7.98. The lowest BCUT2D eigenvalue weighted by Gasteiger charge is -2.11. The molecule has 3 aromatic rings. The molecule has 0 spiro atoms. The summed E-state index contributed by atoms with van der Waals surface area (Å²) in [5.74, 6) is 2.13. The first-order chi connectivity index (χ1) is 15.4. The normalized spacial score (nSPS) is 10.5. The summed E-state index contributed by atoms with van der Waals surface area (Å²) in [4.78, 5) is 32.3. The van der Waals surface area contributed by atoms with Gasteiger partial charge in [0.25, 0.3) is 5.56 Å². The Bertz CT molecular complexity index is 1160. The van der Waals surface area contributed by atoms with Crippen LogP contribution in [0.5, 0.6) is 17.2 Å². The summed E-state index contributed by atoms with van der Waals surface area (Å²) in [5.41, 5.74) is 2.11. The molecular formula is C23H25N3O5S. The lowest BCUT2D eigenvalue weighted by Crippen LogP contribution is -2.23. The number of amides is 1. The van der Waals surface area contributed by atoms with Crippen LogP contribution >= 0.6 is 11.8 Å². The third kappa shape index (κ3) is 5.82. The third-order valence-corrected chi connectivity index (χ3v) is 5.66. The minimum Gasteiger partial charge on any atom is -0.497 e. The number of hydrogen-bond donors (Lipinski definition) is 2. The molecule has 2 aromatic carbocycles. The van der Waals surface area contributed by atoms with Crippen molar-refractivity contribution in [2.75, 3.05) is 26.6 Å². The molecule has 1 amide bonds. The molecule has 0 fully saturated rings. The summed E-state index contributed by atoms with van der Waals surface area (Å²) >= 11 is 1.41. The SMILES string of the molecule is COc1cccc(CSc2nc(C)c(CC(=O)Nc3ccc(OC)c(OC)c3)c(=O)[nH]2)c1. The Morgan fingerprint density at radius 3 is 2.53 bits per heavy atom. The number of rotatable bonds is 9. The van der Waals surface area contributed by atoms with E-state index in [9.17, 15) is 9.59 Å². The number of aromatic nitrogens is 2. The van der Waals surface area contributed by atoms with Gasteiger partial charge < -0.3 is 24.5 Å². The lowest BCUT2D eigenvalue weighted by atomic mass is 10.1. The standard InChI is InChI=1S/C23H25N3O5S/c1-14-18(12-21(27)25-16-8-9-19(30-3)20(11-16)31-4)22(28)26-23(24-14)32-13-15-6-5-7-17(10-15)29-2/h5-11H,12-13H2,1-4H3,(H,25,27)(H,24,26,28). The Hall–Kier alpha value is -3.46. The van der Waals surface area contributed by atoms with Crippen molar-refractivity contribution in [1.29, 1.82) is 0 Å². The molecule has 0 aliphatic carbocycles. The maximum Gasteiger partial charge on any atom is 0.255 e. The van der Waals surface area contributed by atoms with E-state index >= 15 is 0 Å². The van der Waals surface area contributed by atoms with Crippen molar-refractivity contribution in [3.8, 4) is 17.2 Å². The average molecular weight is 456 g/mol. The molecule has 2 N–H and O–H groups in total. The van der Waals surface area contributed by atoms with Crippen LogP contribution in [0.1, 0.15) is 16.8 Å². The Labute approximate surface area is 190 Å². The van der Waals surface area contributed by atoms with Crippen molar-refractivity contribution in [3.63, 3.8) is 0 Å². The molecule has 3 rings (SSSR count). The number of H-pyrrole nitrogens is 1. The predicted octanol–water partition coefficient (Wildman–Crippen LogP) is 3.58. The van der Waals surface area contributed by atoms with E-state index in [1.54, 1.807) is 32.2 Å². The molecule has 0 aliphatic rings. The number of benzene rings is 2. The van der Waals surface area contributed by atoms with E-state index in [4.69, 9.17) is 14.2 Å². The van der Waals surface area contributed by atoms with Crippen LogP contribution in [0.25, 0.3) is 0 Å². The molecule has 0 radical (unpaired) electrons. The highest BCUT2D eigenvalue weighted by atomic mass is 32.2. The number of carbonyl (C=O) groups excluding carboxylic acids is 1. The van der Waals surface area contributed by atoms with Gasteiger partial charge in [-0.1, -0.05) is 23.9 Å². The van der Waals surface area contributed by atoms with Crippen molar-refractivity contribution < 1.29 is 19.0 Å². The van der Waals surface area contributed by atoms with E-state index < -0.39 is 0 Å². The van der Waals surface area contributed by atoms with Crippen molar-refractivity contribution >= 4 is 23.4 Å². The van der Waals surface area contributed by atoms with Gasteiger partial charge in [0.1, 0.15) is 5.75 Å². The smallest absolute Gasteiger partial charge is 0.255 e. The summed E-state index contributed by atoms with van der Waals surface area (Å²) in [6, 6.07) is 12.8. The Morgan fingerprint density at radius 1 is 1.06 bits per heavy atom. The van der Waals surface area contributed by atoms with Gasteiger partial charge in [0, 0.05) is 28.8 Å². The predicted molar refractivity (Wildman–Crippen MR) is 124 cm³/mol. The van der Waals surface area contributed by atoms with Crippen molar-refractivity contribution in [2.24, 2.45) is 0 Å². The number of thioether (sulfide) groups is 1. The second kappa shape index (κ2) is 10.7. The lowest BCUT2D eigenvalue weighted by molar-refractivity contribution is -0.115. The van der Waals surface area contributed by atoms with E-state index in [1.807, 2.05) is 24.3 Å². The number of ether oxygens (including phenoxy) is 3. The monoisotopic (exact) mass is 455 g/mol. The Morgan fingerprint density at radius 2 is 1.84 bits per heavy atom. The Kier molecular flexibility index (Phi) is 7.77. The first kappa shape index (κ1) is 23.2. The molecular weight excluding hydrogens is 430 g/mol. The molecule has 9 heteroatoms. The highest BCUT2D eigenvalue weighted by Gasteiger charge is 2.14. The maximum absolute atomic E-state index is 12.6. The fraction of sp³-hybridized carbons (Fsp3) is 0.261. The van der Waals surface area contributed by atoms with Gasteiger partial charge in [0.2, 0.25) is 5.91 Å². The van der Waals surface area contributed by atoms with E-state index in [0.717, 1.165) is 11.3 Å². The molecule has 1 aromatic heterocycles. The topological polar surface area (TPSA) is 103 Å². The molecule has 0 unspecified atom stereocenters. The second-order valence-electron chi connectivity index (χ2n) is 6.87. The number of carbonyl (C=O) groups is 1. The zero-order valence-electron chi connectivity index (χ0n) is 18.4. The number of anilines is 1. The number of aryl methyl sites for hydroxylation is 1. The van der Waals surface area contributed by atoms with Crippen LogP contribution < -0.4 is 25.1 Å². The number of nitrogens with zero attached hydrogens (tertiary/aromatic N) is 1. The molecule has 0 atom stereocenters. The summed E-state index contributed by atoms with van der Waals surface area (Å²) in [5, 5.41) is 3.27. The summed E-state index contributed by atoms with van der Waals surface area (Å²) in [7, 11) is 4.68. The van der Waals surface area contributed by atoms with E-state index in [-0.39, 0.29) is 17.9 Å². The zero-order valence-corrected chi connectivity index (χ0v) is 19.2. The largest absolute Gasteiger partial charge is 0.497 e.